The summed E-state index contributed by atoms with van der Waals surface area (Å²) >= 11 is 0. The van der Waals surface area contributed by atoms with Crippen LogP contribution in [0.1, 0.15) is 31.7 Å². The normalized spacial score (nSPS) is 10.2. The highest BCUT2D eigenvalue weighted by Crippen LogP contribution is 2.22. The van der Waals surface area contributed by atoms with Crippen molar-refractivity contribution in [2.24, 2.45) is 0 Å². The molecule has 0 unspecified atom stereocenters. The van der Waals surface area contributed by atoms with Gasteiger partial charge < -0.3 is 5.32 Å². The first kappa shape index (κ1) is 14.9. The van der Waals surface area contributed by atoms with Crippen LogP contribution in [0, 0.1) is 17.1 Å². The fourth-order valence-electron chi connectivity index (χ4n) is 1.95. The van der Waals surface area contributed by atoms with E-state index in [1.54, 1.807) is 12.1 Å². The van der Waals surface area contributed by atoms with Crippen LogP contribution in [0.15, 0.2) is 24.3 Å². The smallest absolute Gasteiger partial charge is 0.131 e. The monoisotopic (exact) mass is 284 g/mol. The molecule has 108 valence electrons. The second-order valence-electron chi connectivity index (χ2n) is 4.68. The maximum absolute atomic E-state index is 13.6. The minimum Gasteiger partial charge on any atom is -0.370 e. The Labute approximate surface area is 123 Å². The molecule has 21 heavy (non-hydrogen) atoms. The van der Waals surface area contributed by atoms with Gasteiger partial charge in [-0.25, -0.2) is 14.4 Å². The minimum atomic E-state index is -0.441. The first-order valence-electron chi connectivity index (χ1n) is 6.99. The van der Waals surface area contributed by atoms with E-state index in [-0.39, 0.29) is 5.56 Å². The number of nitrogens with one attached hydrogen (secondary N) is 1. The number of aromatic nitrogens is 2. The zero-order valence-electron chi connectivity index (χ0n) is 12.2. The lowest BCUT2D eigenvalue weighted by atomic mass is 10.1. The molecule has 0 saturated heterocycles. The molecule has 0 aliphatic heterocycles. The van der Waals surface area contributed by atoms with Gasteiger partial charge in [-0.1, -0.05) is 13.8 Å². The molecule has 0 fully saturated rings. The molecular weight excluding hydrogens is 267 g/mol. The van der Waals surface area contributed by atoms with Gasteiger partial charge in [-0.2, -0.15) is 5.26 Å². The summed E-state index contributed by atoms with van der Waals surface area (Å²) < 4.78 is 13.6. The number of nitriles is 1. The van der Waals surface area contributed by atoms with Gasteiger partial charge in [0.1, 0.15) is 17.5 Å². The van der Waals surface area contributed by atoms with Crippen molar-refractivity contribution in [3.05, 3.63) is 41.5 Å². The standard InChI is InChI=1S/C16H17FN4/c1-3-5-19-16-9-14(20-15(4-2)21-16)12-6-11(10-18)7-13(17)8-12/h6-9H,3-5H2,1-2H3,(H,19,20,21). The predicted octanol–water partition coefficient (Wildman–Crippen LogP) is 3.54. The number of anilines is 1. The van der Waals surface area contributed by atoms with E-state index in [0.29, 0.717) is 23.5 Å². The number of aryl methyl sites for hydroxylation is 1. The number of hydrogen-bond acceptors (Lipinski definition) is 4. The zero-order valence-corrected chi connectivity index (χ0v) is 12.2. The predicted molar refractivity (Wildman–Crippen MR) is 80.3 cm³/mol. The highest BCUT2D eigenvalue weighted by molar-refractivity contribution is 5.64. The number of hydrogen-bond donors (Lipinski definition) is 1. The Balaban J connectivity index is 2.47. The molecule has 0 amide bonds. The third kappa shape index (κ3) is 3.76. The molecule has 2 rings (SSSR count). The van der Waals surface area contributed by atoms with Crippen molar-refractivity contribution >= 4 is 5.82 Å². The van der Waals surface area contributed by atoms with Gasteiger partial charge in [0.05, 0.1) is 17.3 Å². The number of benzene rings is 1. The third-order valence-corrected chi connectivity index (χ3v) is 2.97. The van der Waals surface area contributed by atoms with Crippen LogP contribution >= 0.6 is 0 Å². The Morgan fingerprint density at radius 1 is 1.19 bits per heavy atom. The topological polar surface area (TPSA) is 61.6 Å². The summed E-state index contributed by atoms with van der Waals surface area (Å²) in [6, 6.07) is 7.96. The van der Waals surface area contributed by atoms with Crippen LogP contribution in [0.3, 0.4) is 0 Å². The van der Waals surface area contributed by atoms with Crippen molar-refractivity contribution in [2.75, 3.05) is 11.9 Å². The quantitative estimate of drug-likeness (QED) is 0.912. The molecule has 0 aliphatic rings. The number of halogens is 1. The summed E-state index contributed by atoms with van der Waals surface area (Å²) in [5.74, 6) is 0.971. The second kappa shape index (κ2) is 6.80. The molecule has 0 radical (unpaired) electrons. The van der Waals surface area contributed by atoms with Gasteiger partial charge >= 0.3 is 0 Å². The molecule has 0 spiro atoms. The fourth-order valence-corrected chi connectivity index (χ4v) is 1.95. The highest BCUT2D eigenvalue weighted by atomic mass is 19.1. The Kier molecular flexibility index (Phi) is 4.83. The third-order valence-electron chi connectivity index (χ3n) is 2.97. The molecule has 4 nitrogen and oxygen atoms in total. The SMILES string of the molecule is CCCNc1cc(-c2cc(F)cc(C#N)c2)nc(CC)n1. The van der Waals surface area contributed by atoms with E-state index in [1.165, 1.54) is 12.1 Å². The average molecular weight is 284 g/mol. The largest absolute Gasteiger partial charge is 0.370 e. The lowest BCUT2D eigenvalue weighted by molar-refractivity contribution is 0.627. The molecule has 1 aromatic heterocycles. The molecule has 0 bridgehead atoms. The van der Waals surface area contributed by atoms with Crippen molar-refractivity contribution in [1.29, 1.82) is 5.26 Å². The average Bonchev–Trinajstić information content (AvgIpc) is 2.51. The maximum Gasteiger partial charge on any atom is 0.131 e. The van der Waals surface area contributed by atoms with E-state index in [9.17, 15) is 4.39 Å². The van der Waals surface area contributed by atoms with E-state index >= 15 is 0 Å². The van der Waals surface area contributed by atoms with Gasteiger partial charge in [-0.15, -0.1) is 0 Å². The van der Waals surface area contributed by atoms with Crippen molar-refractivity contribution in [3.63, 3.8) is 0 Å². The van der Waals surface area contributed by atoms with E-state index in [2.05, 4.69) is 22.2 Å². The fraction of sp³-hybridized carbons (Fsp3) is 0.312. The van der Waals surface area contributed by atoms with Gasteiger partial charge in [-0.3, -0.25) is 0 Å². The van der Waals surface area contributed by atoms with Gasteiger partial charge in [0.15, 0.2) is 0 Å². The van der Waals surface area contributed by atoms with E-state index in [1.807, 2.05) is 13.0 Å². The van der Waals surface area contributed by atoms with E-state index in [4.69, 9.17) is 5.26 Å². The summed E-state index contributed by atoms with van der Waals surface area (Å²) in [5, 5.41) is 12.2. The van der Waals surface area contributed by atoms with Gasteiger partial charge in [-0.05, 0) is 24.6 Å². The van der Waals surface area contributed by atoms with Crippen molar-refractivity contribution in [3.8, 4) is 17.3 Å². The van der Waals surface area contributed by atoms with Crippen molar-refractivity contribution < 1.29 is 4.39 Å². The van der Waals surface area contributed by atoms with Crippen LogP contribution in [0.25, 0.3) is 11.3 Å². The second-order valence-corrected chi connectivity index (χ2v) is 4.68. The van der Waals surface area contributed by atoms with Crippen LogP contribution in [0.2, 0.25) is 0 Å². The van der Waals surface area contributed by atoms with Crippen LogP contribution in [-0.2, 0) is 6.42 Å². The Morgan fingerprint density at radius 2 is 2.00 bits per heavy atom. The molecule has 0 atom stereocenters. The van der Waals surface area contributed by atoms with Gasteiger partial charge in [0.25, 0.3) is 0 Å². The maximum atomic E-state index is 13.6. The van der Waals surface area contributed by atoms with Crippen LogP contribution in [0.5, 0.6) is 0 Å². The molecule has 1 heterocycles. The Bertz CT molecular complexity index is 676. The Hall–Kier alpha value is -2.48. The van der Waals surface area contributed by atoms with E-state index in [0.717, 1.165) is 18.8 Å². The Morgan fingerprint density at radius 3 is 2.67 bits per heavy atom. The molecular formula is C16H17FN4. The number of rotatable bonds is 5. The van der Waals surface area contributed by atoms with Crippen molar-refractivity contribution in [1.82, 2.24) is 9.97 Å². The molecule has 0 saturated carbocycles. The zero-order chi connectivity index (χ0) is 15.2. The lowest BCUT2D eigenvalue weighted by Crippen LogP contribution is -2.05. The number of nitrogens with zero attached hydrogens (tertiary/aromatic N) is 3. The first-order valence-corrected chi connectivity index (χ1v) is 6.99. The molecule has 1 N–H and O–H groups in total. The van der Waals surface area contributed by atoms with E-state index < -0.39 is 5.82 Å². The van der Waals surface area contributed by atoms with Crippen LogP contribution in [-0.4, -0.2) is 16.5 Å². The minimum absolute atomic E-state index is 0.282. The highest BCUT2D eigenvalue weighted by Gasteiger charge is 2.08. The summed E-state index contributed by atoms with van der Waals surface area (Å²) in [4.78, 5) is 8.82. The van der Waals surface area contributed by atoms with Gasteiger partial charge in [0.2, 0.25) is 0 Å². The summed E-state index contributed by atoms with van der Waals surface area (Å²) in [5.41, 5.74) is 1.49. The molecule has 2 aromatic rings. The van der Waals surface area contributed by atoms with Crippen LogP contribution < -0.4 is 5.32 Å². The molecule has 5 heteroatoms. The molecule has 0 aliphatic carbocycles. The van der Waals surface area contributed by atoms with Gasteiger partial charge in [0, 0.05) is 24.6 Å². The first-order chi connectivity index (χ1) is 10.2. The lowest BCUT2D eigenvalue weighted by Gasteiger charge is -2.09. The van der Waals surface area contributed by atoms with Crippen molar-refractivity contribution in [2.45, 2.75) is 26.7 Å². The van der Waals surface area contributed by atoms with Crippen LogP contribution in [0.4, 0.5) is 10.2 Å². The summed E-state index contributed by atoms with van der Waals surface area (Å²) in [7, 11) is 0. The summed E-state index contributed by atoms with van der Waals surface area (Å²) in [6.45, 7) is 4.85. The summed E-state index contributed by atoms with van der Waals surface area (Å²) in [6.07, 6.45) is 1.68. The molecule has 1 aromatic carbocycles.